The predicted molar refractivity (Wildman–Crippen MR) is 320 cm³/mol. The SMILES string of the molecule is CC(C)CC(C)C.CCC(C)(C)CC.CCC(C)C(C)C.CCC(C)C(C)C.CCC(C)CC.CCCC(C)(C)C.CCCC(C)(C)C.CCCC(C)C.CCCC(C)C.CCCCC. The van der Waals surface area contributed by atoms with Gasteiger partial charge in [-0.3, -0.25) is 0 Å². The molecule has 0 heterocycles. The number of hydrogen-bond acceptors (Lipinski definition) is 0. The zero-order chi connectivity index (χ0) is 54.4. The van der Waals surface area contributed by atoms with E-state index in [9.17, 15) is 0 Å². The first kappa shape index (κ1) is 88.0. The average Bonchev–Trinajstić information content (AvgIpc) is 3.17. The van der Waals surface area contributed by atoms with Crippen LogP contribution in [-0.2, 0) is 0 Å². The normalized spacial score (nSPS) is 11.7. The average molecular weight is 932 g/mol. The quantitative estimate of drug-likeness (QED) is 0.128. The van der Waals surface area contributed by atoms with Crippen molar-refractivity contribution in [1.29, 1.82) is 0 Å². The first-order valence-corrected chi connectivity index (χ1v) is 29.5. The van der Waals surface area contributed by atoms with Crippen molar-refractivity contribution in [2.75, 3.05) is 0 Å². The molecule has 0 fully saturated rings. The van der Waals surface area contributed by atoms with Gasteiger partial charge in [0.25, 0.3) is 0 Å². The first-order valence-electron chi connectivity index (χ1n) is 29.5. The van der Waals surface area contributed by atoms with E-state index in [1.54, 1.807) is 0 Å². The summed E-state index contributed by atoms with van der Waals surface area (Å²) in [7, 11) is 0. The van der Waals surface area contributed by atoms with Gasteiger partial charge in [-0.05, 0) is 88.8 Å². The third kappa shape index (κ3) is 139. The van der Waals surface area contributed by atoms with E-state index in [2.05, 4.69) is 242 Å². The second-order valence-electron chi connectivity index (χ2n) is 25.4. The summed E-state index contributed by atoms with van der Waals surface area (Å²) in [5.74, 6) is 8.02. The van der Waals surface area contributed by atoms with E-state index < -0.39 is 0 Å². The lowest BCUT2D eigenvalue weighted by atomic mass is 9.88. The Balaban J connectivity index is -0.0000000647. The molecule has 410 valence electrons. The van der Waals surface area contributed by atoms with Crippen LogP contribution in [-0.4, -0.2) is 0 Å². The van der Waals surface area contributed by atoms with E-state index in [-0.39, 0.29) is 0 Å². The molecule has 2 unspecified atom stereocenters. The summed E-state index contributed by atoms with van der Waals surface area (Å²) in [6.07, 6.45) is 24.0. The minimum Gasteiger partial charge on any atom is -0.0654 e. The molecular formula is C65H150. The van der Waals surface area contributed by atoms with Crippen molar-refractivity contribution >= 4 is 0 Å². The van der Waals surface area contributed by atoms with Crippen LogP contribution in [0.3, 0.4) is 0 Å². The summed E-state index contributed by atoms with van der Waals surface area (Å²) in [5.41, 5.74) is 1.68. The molecule has 0 saturated heterocycles. The van der Waals surface area contributed by atoms with Gasteiger partial charge in [0.2, 0.25) is 0 Å². The third-order valence-electron chi connectivity index (χ3n) is 12.3. The summed E-state index contributed by atoms with van der Waals surface area (Å²) < 4.78 is 0. The number of rotatable bonds is 18. The molecule has 0 aliphatic rings. The van der Waals surface area contributed by atoms with Gasteiger partial charge in [0, 0.05) is 0 Å². The Morgan fingerprint density at radius 2 is 0.569 bits per heavy atom. The molecule has 2 atom stereocenters. The molecule has 0 heteroatoms. The van der Waals surface area contributed by atoms with Crippen molar-refractivity contribution in [2.24, 2.45) is 69.5 Å². The monoisotopic (exact) mass is 931 g/mol. The molecule has 0 saturated carbocycles. The Kier molecular flexibility index (Phi) is 86.7. The molecule has 65 heavy (non-hydrogen) atoms. The minimum absolute atomic E-state index is 0.550. The number of hydrogen-bond donors (Lipinski definition) is 0. The molecule has 0 aromatic heterocycles. The van der Waals surface area contributed by atoms with Gasteiger partial charge in [0.15, 0.2) is 0 Å². The molecular weight excluding hydrogens is 781 g/mol. The standard InChI is InChI=1S/6C7H16.3C6H14.C5H12/c1-6(2)5-7(3)4;2*1-5-6-7(2,3)4;1-5-7(3,4)6-2;2*1-5-7(4)6(2)3;2*1-4-5-6(2)3;1-4-6(3)5-2;1-3-5-4-2/h6-7H,5H2,1-4H3;3*5-6H2,1-4H3;2*6-7H,5H2,1-4H3;3*6H,4-5H2,1-3H3;3-5H2,1-2H3. The summed E-state index contributed by atoms with van der Waals surface area (Å²) in [4.78, 5) is 0. The molecule has 0 rings (SSSR count). The van der Waals surface area contributed by atoms with Gasteiger partial charge >= 0.3 is 0 Å². The highest BCUT2D eigenvalue weighted by Gasteiger charge is 2.10. The van der Waals surface area contributed by atoms with Crippen molar-refractivity contribution in [3.05, 3.63) is 0 Å². The molecule has 0 bridgehead atoms. The molecule has 0 aromatic rings. The fraction of sp³-hybridized carbons (Fsp3) is 1.00. The Bertz CT molecular complexity index is 660. The van der Waals surface area contributed by atoms with Crippen LogP contribution in [0.1, 0.15) is 358 Å². The minimum atomic E-state index is 0.550. The van der Waals surface area contributed by atoms with Crippen LogP contribution < -0.4 is 0 Å². The maximum Gasteiger partial charge on any atom is -0.0359 e. The van der Waals surface area contributed by atoms with E-state index in [1.165, 1.54) is 116 Å². The molecule has 0 nitrogen and oxygen atoms in total. The Hall–Kier alpha value is 0. The van der Waals surface area contributed by atoms with E-state index in [1.807, 2.05) is 0 Å². The lowest BCUT2D eigenvalue weighted by Gasteiger charge is -2.18. The summed E-state index contributed by atoms with van der Waals surface area (Å²) >= 11 is 0. The summed E-state index contributed by atoms with van der Waals surface area (Å²) in [6.45, 7) is 79.0. The molecule has 0 radical (unpaired) electrons. The zero-order valence-electron chi connectivity index (χ0n) is 54.4. The summed E-state index contributed by atoms with van der Waals surface area (Å²) in [6, 6.07) is 0. The third-order valence-corrected chi connectivity index (χ3v) is 12.3. The summed E-state index contributed by atoms with van der Waals surface area (Å²) in [5, 5.41) is 0. The van der Waals surface area contributed by atoms with Crippen molar-refractivity contribution in [3.8, 4) is 0 Å². The van der Waals surface area contributed by atoms with Crippen molar-refractivity contribution in [3.63, 3.8) is 0 Å². The van der Waals surface area contributed by atoms with E-state index in [0.29, 0.717) is 16.2 Å². The van der Waals surface area contributed by atoms with Crippen LogP contribution >= 0.6 is 0 Å². The smallest absolute Gasteiger partial charge is 0.0359 e. The van der Waals surface area contributed by atoms with Crippen molar-refractivity contribution in [1.82, 2.24) is 0 Å². The van der Waals surface area contributed by atoms with Crippen LogP contribution in [0.5, 0.6) is 0 Å². The fourth-order valence-electron chi connectivity index (χ4n) is 5.43. The highest BCUT2D eigenvalue weighted by atomic mass is 14.2. The first-order chi connectivity index (χ1) is 29.5. The van der Waals surface area contributed by atoms with E-state index in [4.69, 9.17) is 0 Å². The van der Waals surface area contributed by atoms with Gasteiger partial charge in [-0.15, -0.1) is 0 Å². The van der Waals surface area contributed by atoms with Gasteiger partial charge in [-0.2, -0.15) is 0 Å². The maximum absolute atomic E-state index is 2.30. The lowest BCUT2D eigenvalue weighted by molar-refractivity contribution is 0.338. The fourth-order valence-corrected chi connectivity index (χ4v) is 5.43. The molecule has 0 spiro atoms. The Labute approximate surface area is 425 Å². The lowest BCUT2D eigenvalue weighted by Crippen LogP contribution is -2.05. The van der Waals surface area contributed by atoms with Gasteiger partial charge in [0.05, 0.1) is 0 Å². The molecule has 0 aromatic carbocycles. The zero-order valence-corrected chi connectivity index (χ0v) is 54.4. The second kappa shape index (κ2) is 64.0. The number of unbranched alkanes of at least 4 members (excludes halogenated alkanes) is 2. The predicted octanol–water partition coefficient (Wildman–Crippen LogP) is 26.1. The maximum atomic E-state index is 2.30. The van der Waals surface area contributed by atoms with Crippen molar-refractivity contribution in [2.45, 2.75) is 358 Å². The molecule has 0 aliphatic carbocycles. The van der Waals surface area contributed by atoms with Crippen LogP contribution in [0.4, 0.5) is 0 Å². The van der Waals surface area contributed by atoms with Gasteiger partial charge in [-0.1, -0.05) is 339 Å². The van der Waals surface area contributed by atoms with Crippen molar-refractivity contribution < 1.29 is 0 Å². The molecule has 0 aliphatic heterocycles. The molecule has 0 N–H and O–H groups in total. The Morgan fingerprint density at radius 3 is 0.569 bits per heavy atom. The van der Waals surface area contributed by atoms with Crippen LogP contribution in [0.2, 0.25) is 0 Å². The van der Waals surface area contributed by atoms with E-state index in [0.717, 1.165) is 53.3 Å². The van der Waals surface area contributed by atoms with Gasteiger partial charge in [0.1, 0.15) is 0 Å². The van der Waals surface area contributed by atoms with Crippen LogP contribution in [0, 0.1) is 69.5 Å². The Morgan fingerprint density at radius 1 is 0.308 bits per heavy atom. The topological polar surface area (TPSA) is 0 Å². The second-order valence-corrected chi connectivity index (χ2v) is 25.4. The van der Waals surface area contributed by atoms with E-state index >= 15 is 0 Å². The molecule has 0 amide bonds. The largest absolute Gasteiger partial charge is 0.0654 e. The van der Waals surface area contributed by atoms with Gasteiger partial charge in [-0.25, -0.2) is 0 Å². The van der Waals surface area contributed by atoms with Crippen LogP contribution in [0.25, 0.3) is 0 Å². The van der Waals surface area contributed by atoms with Gasteiger partial charge < -0.3 is 0 Å². The van der Waals surface area contributed by atoms with Crippen LogP contribution in [0.15, 0.2) is 0 Å². The highest BCUT2D eigenvalue weighted by molar-refractivity contribution is 4.62. The highest BCUT2D eigenvalue weighted by Crippen LogP contribution is 2.23.